The van der Waals surface area contributed by atoms with E-state index in [4.69, 9.17) is 9.47 Å². The number of ether oxygens (including phenoxy) is 2. The van der Waals surface area contributed by atoms with Crippen molar-refractivity contribution >= 4 is 27.3 Å². The third kappa shape index (κ3) is 5.67. The highest BCUT2D eigenvalue weighted by Gasteiger charge is 2.24. The van der Waals surface area contributed by atoms with Crippen LogP contribution in [0.5, 0.6) is 11.5 Å². The molecule has 0 spiro atoms. The van der Waals surface area contributed by atoms with Gasteiger partial charge in [0.25, 0.3) is 5.69 Å². The van der Waals surface area contributed by atoms with Gasteiger partial charge in [-0.2, -0.15) is 4.31 Å². The molecule has 0 saturated carbocycles. The topological polar surface area (TPSA) is 128 Å². The van der Waals surface area contributed by atoms with Crippen molar-refractivity contribution < 1.29 is 27.6 Å². The van der Waals surface area contributed by atoms with E-state index in [1.165, 1.54) is 7.05 Å². The standard InChI is InChI=1S/C19H23N3O7S/c1-4-28-17-11-6-14(12-18(17)29-5-2)20-19(23)13-21(3)30(26,27)16-9-7-15(8-10-16)22(24)25/h6-12H,4-5,13H2,1-3H3,(H,20,23). The minimum Gasteiger partial charge on any atom is -0.490 e. The Kier molecular flexibility index (Phi) is 7.72. The number of carbonyl (C=O) groups excluding carboxylic acids is 1. The molecule has 11 heteroatoms. The maximum Gasteiger partial charge on any atom is 0.269 e. The molecular formula is C19H23N3O7S. The van der Waals surface area contributed by atoms with Crippen molar-refractivity contribution in [2.75, 3.05) is 32.1 Å². The van der Waals surface area contributed by atoms with E-state index < -0.39 is 27.4 Å². The van der Waals surface area contributed by atoms with Crippen LogP contribution in [-0.2, 0) is 14.8 Å². The fourth-order valence-corrected chi connectivity index (χ4v) is 3.66. The lowest BCUT2D eigenvalue weighted by atomic mass is 10.2. The van der Waals surface area contributed by atoms with E-state index in [9.17, 15) is 23.3 Å². The number of benzene rings is 2. The van der Waals surface area contributed by atoms with Crippen molar-refractivity contribution in [3.05, 3.63) is 52.6 Å². The summed E-state index contributed by atoms with van der Waals surface area (Å²) in [4.78, 5) is 22.3. The van der Waals surface area contributed by atoms with Crippen LogP contribution in [0.2, 0.25) is 0 Å². The summed E-state index contributed by atoms with van der Waals surface area (Å²) in [7, 11) is -2.74. The van der Waals surface area contributed by atoms with E-state index in [0.717, 1.165) is 28.6 Å². The molecular weight excluding hydrogens is 414 g/mol. The Bertz CT molecular complexity index is 1010. The molecule has 30 heavy (non-hydrogen) atoms. The number of likely N-dealkylation sites (N-methyl/N-ethyl adjacent to an activating group) is 1. The van der Waals surface area contributed by atoms with Gasteiger partial charge in [-0.05, 0) is 38.1 Å². The number of nitro benzene ring substituents is 1. The number of anilines is 1. The van der Waals surface area contributed by atoms with Gasteiger partial charge in [-0.15, -0.1) is 0 Å². The highest BCUT2D eigenvalue weighted by molar-refractivity contribution is 7.89. The quantitative estimate of drug-likeness (QED) is 0.447. The first-order valence-electron chi connectivity index (χ1n) is 9.09. The Hall–Kier alpha value is -3.18. The monoisotopic (exact) mass is 437 g/mol. The van der Waals surface area contributed by atoms with E-state index in [1.54, 1.807) is 18.2 Å². The molecule has 0 heterocycles. The predicted octanol–water partition coefficient (Wildman–Crippen LogP) is 2.65. The van der Waals surface area contributed by atoms with Crippen molar-refractivity contribution in [3.63, 3.8) is 0 Å². The molecule has 0 atom stereocenters. The third-order valence-electron chi connectivity index (χ3n) is 3.95. The van der Waals surface area contributed by atoms with Crippen molar-refractivity contribution in [2.45, 2.75) is 18.7 Å². The van der Waals surface area contributed by atoms with Gasteiger partial charge >= 0.3 is 0 Å². The Morgan fingerprint density at radius 3 is 2.23 bits per heavy atom. The van der Waals surface area contributed by atoms with Gasteiger partial charge in [0, 0.05) is 30.9 Å². The lowest BCUT2D eigenvalue weighted by Gasteiger charge is -2.17. The molecule has 0 radical (unpaired) electrons. The highest BCUT2D eigenvalue weighted by Crippen LogP contribution is 2.30. The highest BCUT2D eigenvalue weighted by atomic mass is 32.2. The summed E-state index contributed by atoms with van der Waals surface area (Å²) in [5.74, 6) is 0.439. The summed E-state index contributed by atoms with van der Waals surface area (Å²) in [6.45, 7) is 4.08. The number of rotatable bonds is 10. The molecule has 0 fully saturated rings. The fourth-order valence-electron chi connectivity index (χ4n) is 2.54. The summed E-state index contributed by atoms with van der Waals surface area (Å²) >= 11 is 0. The number of hydrogen-bond donors (Lipinski definition) is 1. The first-order chi connectivity index (χ1) is 14.2. The number of hydrogen-bond acceptors (Lipinski definition) is 7. The number of amides is 1. The van der Waals surface area contributed by atoms with Gasteiger partial charge < -0.3 is 14.8 Å². The zero-order valence-electron chi connectivity index (χ0n) is 16.8. The second-order valence-corrected chi connectivity index (χ2v) is 8.13. The Balaban J connectivity index is 2.09. The molecule has 0 unspecified atom stereocenters. The summed E-state index contributed by atoms with van der Waals surface area (Å²) in [5, 5.41) is 13.3. The van der Waals surface area contributed by atoms with Gasteiger partial charge in [0.05, 0.1) is 29.6 Å². The van der Waals surface area contributed by atoms with Crippen molar-refractivity contribution in [1.82, 2.24) is 4.31 Å². The summed E-state index contributed by atoms with van der Waals surface area (Å²) in [5.41, 5.74) is 0.197. The number of sulfonamides is 1. The molecule has 1 N–H and O–H groups in total. The molecule has 0 aliphatic carbocycles. The number of nitro groups is 1. The molecule has 2 aromatic rings. The normalized spacial score (nSPS) is 11.2. The number of nitrogens with one attached hydrogen (secondary N) is 1. The van der Waals surface area contributed by atoms with Crippen LogP contribution >= 0.6 is 0 Å². The van der Waals surface area contributed by atoms with Crippen molar-refractivity contribution in [2.24, 2.45) is 0 Å². The second-order valence-electron chi connectivity index (χ2n) is 6.09. The minimum atomic E-state index is -3.99. The molecule has 0 aliphatic heterocycles. The predicted molar refractivity (Wildman–Crippen MR) is 110 cm³/mol. The number of non-ortho nitro benzene ring substituents is 1. The van der Waals surface area contributed by atoms with Crippen LogP contribution in [0.4, 0.5) is 11.4 Å². The van der Waals surface area contributed by atoms with E-state index >= 15 is 0 Å². The van der Waals surface area contributed by atoms with Gasteiger partial charge in [-0.25, -0.2) is 8.42 Å². The van der Waals surface area contributed by atoms with Crippen molar-refractivity contribution in [3.8, 4) is 11.5 Å². The first kappa shape index (κ1) is 23.1. The van der Waals surface area contributed by atoms with E-state index in [-0.39, 0.29) is 10.6 Å². The maximum absolute atomic E-state index is 12.6. The second kappa shape index (κ2) is 10.0. The van der Waals surface area contributed by atoms with E-state index in [2.05, 4.69) is 5.32 Å². The summed E-state index contributed by atoms with van der Waals surface area (Å²) < 4.78 is 37.0. The van der Waals surface area contributed by atoms with Gasteiger partial charge in [0.1, 0.15) is 0 Å². The lowest BCUT2D eigenvalue weighted by molar-refractivity contribution is -0.384. The molecule has 0 aliphatic rings. The van der Waals surface area contributed by atoms with Gasteiger partial charge in [-0.3, -0.25) is 14.9 Å². The number of carbonyl (C=O) groups is 1. The Labute approximate surface area is 174 Å². The molecule has 162 valence electrons. The van der Waals surface area contributed by atoms with Crippen LogP contribution < -0.4 is 14.8 Å². The van der Waals surface area contributed by atoms with Crippen LogP contribution in [-0.4, -0.2) is 50.4 Å². The third-order valence-corrected chi connectivity index (χ3v) is 5.77. The van der Waals surface area contributed by atoms with Gasteiger partial charge in [-0.1, -0.05) is 0 Å². The fraction of sp³-hybridized carbons (Fsp3) is 0.316. The van der Waals surface area contributed by atoms with Crippen LogP contribution in [0.3, 0.4) is 0 Å². The maximum atomic E-state index is 12.6. The van der Waals surface area contributed by atoms with Gasteiger partial charge in [0.15, 0.2) is 11.5 Å². The molecule has 2 aromatic carbocycles. The molecule has 0 saturated heterocycles. The largest absolute Gasteiger partial charge is 0.490 e. The Morgan fingerprint density at radius 1 is 1.07 bits per heavy atom. The Morgan fingerprint density at radius 2 is 1.67 bits per heavy atom. The molecule has 2 rings (SSSR count). The van der Waals surface area contributed by atoms with Crippen LogP contribution in [0.15, 0.2) is 47.4 Å². The zero-order valence-corrected chi connectivity index (χ0v) is 17.6. The first-order valence-corrected chi connectivity index (χ1v) is 10.5. The van der Waals surface area contributed by atoms with Crippen LogP contribution in [0.1, 0.15) is 13.8 Å². The molecule has 0 bridgehead atoms. The average Bonchev–Trinajstić information content (AvgIpc) is 2.70. The van der Waals surface area contributed by atoms with Crippen molar-refractivity contribution in [1.29, 1.82) is 0 Å². The summed E-state index contributed by atoms with van der Waals surface area (Å²) in [6, 6.07) is 9.31. The van der Waals surface area contributed by atoms with Crippen LogP contribution in [0, 0.1) is 10.1 Å². The van der Waals surface area contributed by atoms with Gasteiger partial charge in [0.2, 0.25) is 15.9 Å². The average molecular weight is 437 g/mol. The summed E-state index contributed by atoms with van der Waals surface area (Å²) in [6.07, 6.45) is 0. The van der Waals surface area contributed by atoms with E-state index in [0.29, 0.717) is 30.4 Å². The van der Waals surface area contributed by atoms with E-state index in [1.807, 2.05) is 13.8 Å². The zero-order chi connectivity index (χ0) is 22.3. The minimum absolute atomic E-state index is 0.150. The lowest BCUT2D eigenvalue weighted by Crippen LogP contribution is -2.34. The SMILES string of the molecule is CCOc1ccc(NC(=O)CN(C)S(=O)(=O)c2ccc([N+](=O)[O-])cc2)cc1OCC. The number of nitrogens with zero attached hydrogens (tertiary/aromatic N) is 2. The smallest absolute Gasteiger partial charge is 0.269 e. The van der Waals surface area contributed by atoms with Crippen LogP contribution in [0.25, 0.3) is 0 Å². The molecule has 1 amide bonds. The molecule has 10 nitrogen and oxygen atoms in total. The molecule has 0 aromatic heterocycles.